The molecule has 0 unspecified atom stereocenters. The number of amides is 1. The van der Waals surface area contributed by atoms with E-state index >= 15 is 0 Å². The second-order valence-corrected chi connectivity index (χ2v) is 6.09. The number of aryl methyl sites for hydroxylation is 1. The summed E-state index contributed by atoms with van der Waals surface area (Å²) in [5, 5.41) is 2.97. The number of nitrogens with two attached hydrogens (primary N) is 1. The van der Waals surface area contributed by atoms with Crippen molar-refractivity contribution in [3.63, 3.8) is 0 Å². The van der Waals surface area contributed by atoms with Gasteiger partial charge >= 0.3 is 0 Å². The van der Waals surface area contributed by atoms with Crippen LogP contribution in [0, 0.1) is 6.92 Å². The molecule has 0 heterocycles. The molecule has 2 rings (SSSR count). The first-order valence-electron chi connectivity index (χ1n) is 6.48. The van der Waals surface area contributed by atoms with E-state index < -0.39 is 5.54 Å². The molecule has 0 radical (unpaired) electrons. The summed E-state index contributed by atoms with van der Waals surface area (Å²) in [6, 6.07) is 8.45. The Balaban J connectivity index is 0.00000180. The van der Waals surface area contributed by atoms with E-state index in [2.05, 4.69) is 50.4 Å². The molecule has 0 spiro atoms. The number of rotatable bonds is 4. The van der Waals surface area contributed by atoms with Crippen molar-refractivity contribution in [2.24, 2.45) is 5.73 Å². The molecule has 0 saturated heterocycles. The lowest BCUT2D eigenvalue weighted by molar-refractivity contribution is -0.123. The maximum Gasteiger partial charge on any atom is 0.240 e. The third-order valence-corrected chi connectivity index (χ3v) is 3.76. The van der Waals surface area contributed by atoms with Gasteiger partial charge in [0.2, 0.25) is 5.91 Å². The van der Waals surface area contributed by atoms with Gasteiger partial charge in [-0.3, -0.25) is 4.79 Å². The minimum Gasteiger partial charge on any atom is -0.354 e. The molecule has 0 aromatic heterocycles. The average Bonchev–Trinajstić information content (AvgIpc) is 3.06. The molecule has 1 saturated carbocycles. The average molecular weight is 283 g/mol. The van der Waals surface area contributed by atoms with E-state index in [4.69, 9.17) is 5.73 Å². The predicted molar refractivity (Wildman–Crippen MR) is 80.6 cm³/mol. The fourth-order valence-corrected chi connectivity index (χ4v) is 1.95. The van der Waals surface area contributed by atoms with Crippen molar-refractivity contribution in [1.82, 2.24) is 5.32 Å². The van der Waals surface area contributed by atoms with Crippen molar-refractivity contribution in [2.45, 2.75) is 44.6 Å². The first-order valence-corrected chi connectivity index (χ1v) is 6.48. The molecular formula is C15H23ClN2O. The number of hydrogen-bond donors (Lipinski definition) is 2. The van der Waals surface area contributed by atoms with Gasteiger partial charge in [0.1, 0.15) is 0 Å². The van der Waals surface area contributed by atoms with Crippen LogP contribution in [0.5, 0.6) is 0 Å². The first kappa shape index (κ1) is 16.0. The fraction of sp³-hybridized carbons (Fsp3) is 0.533. The van der Waals surface area contributed by atoms with Crippen LogP contribution in [0.2, 0.25) is 0 Å². The van der Waals surface area contributed by atoms with E-state index in [-0.39, 0.29) is 23.7 Å². The van der Waals surface area contributed by atoms with Crippen molar-refractivity contribution in [3.05, 3.63) is 35.4 Å². The number of nitrogens with one attached hydrogen (secondary N) is 1. The minimum atomic E-state index is -0.580. The monoisotopic (exact) mass is 282 g/mol. The SMILES string of the molecule is Cc1ccc(C(C)(C)CNC(=O)C2(N)CC2)cc1.Cl. The quantitative estimate of drug-likeness (QED) is 0.890. The Hall–Kier alpha value is -1.06. The van der Waals surface area contributed by atoms with Crippen molar-refractivity contribution >= 4 is 18.3 Å². The smallest absolute Gasteiger partial charge is 0.240 e. The zero-order valence-electron chi connectivity index (χ0n) is 11.8. The summed E-state index contributed by atoms with van der Waals surface area (Å²) in [4.78, 5) is 11.8. The van der Waals surface area contributed by atoms with Crippen LogP contribution in [0.1, 0.15) is 37.8 Å². The van der Waals surface area contributed by atoms with E-state index in [1.165, 1.54) is 11.1 Å². The fourth-order valence-electron chi connectivity index (χ4n) is 1.95. The largest absolute Gasteiger partial charge is 0.354 e. The summed E-state index contributed by atoms with van der Waals surface area (Å²) in [5.74, 6) is -0.0114. The van der Waals surface area contributed by atoms with Gasteiger partial charge in [0.25, 0.3) is 0 Å². The molecule has 0 atom stereocenters. The van der Waals surface area contributed by atoms with Gasteiger partial charge < -0.3 is 11.1 Å². The Morgan fingerprint density at radius 1 is 1.32 bits per heavy atom. The van der Waals surface area contributed by atoms with Crippen LogP contribution in [-0.2, 0) is 10.2 Å². The highest BCUT2D eigenvalue weighted by atomic mass is 35.5. The number of carbonyl (C=O) groups excluding carboxylic acids is 1. The number of benzene rings is 1. The van der Waals surface area contributed by atoms with E-state index in [9.17, 15) is 4.79 Å². The third kappa shape index (κ3) is 3.71. The zero-order valence-corrected chi connectivity index (χ0v) is 12.6. The van der Waals surface area contributed by atoms with Crippen molar-refractivity contribution < 1.29 is 4.79 Å². The maximum atomic E-state index is 11.8. The van der Waals surface area contributed by atoms with Gasteiger partial charge in [-0.05, 0) is 25.3 Å². The third-order valence-electron chi connectivity index (χ3n) is 3.76. The lowest BCUT2D eigenvalue weighted by Gasteiger charge is -2.26. The number of halogens is 1. The Morgan fingerprint density at radius 2 is 1.84 bits per heavy atom. The van der Waals surface area contributed by atoms with Gasteiger partial charge in [-0.2, -0.15) is 0 Å². The maximum absolute atomic E-state index is 11.8. The summed E-state index contributed by atoms with van der Waals surface area (Å²) < 4.78 is 0. The second-order valence-electron chi connectivity index (χ2n) is 6.09. The minimum absolute atomic E-state index is 0. The molecule has 3 N–H and O–H groups in total. The molecule has 1 aliphatic rings. The normalized spacial score (nSPS) is 16.4. The Kier molecular flexibility index (Phi) is 4.64. The van der Waals surface area contributed by atoms with Gasteiger partial charge in [0.15, 0.2) is 0 Å². The molecule has 3 nitrogen and oxygen atoms in total. The van der Waals surface area contributed by atoms with Gasteiger partial charge in [-0.1, -0.05) is 43.7 Å². The molecule has 1 aromatic rings. The summed E-state index contributed by atoms with van der Waals surface area (Å²) >= 11 is 0. The highest BCUT2D eigenvalue weighted by molar-refractivity contribution is 5.89. The molecule has 1 aromatic carbocycles. The van der Waals surface area contributed by atoms with Crippen LogP contribution in [0.15, 0.2) is 24.3 Å². The standard InChI is InChI=1S/C15H22N2O.ClH/c1-11-4-6-12(7-5-11)14(2,3)10-17-13(18)15(16)8-9-15;/h4-7H,8-10,16H2,1-3H3,(H,17,18);1H. The Bertz CT molecular complexity index is 450. The molecule has 0 bridgehead atoms. The van der Waals surface area contributed by atoms with Gasteiger partial charge in [-0.25, -0.2) is 0 Å². The van der Waals surface area contributed by atoms with Crippen molar-refractivity contribution in [1.29, 1.82) is 0 Å². The zero-order chi connectivity index (χ0) is 13.4. The summed E-state index contributed by atoms with van der Waals surface area (Å²) in [6.45, 7) is 6.96. The van der Waals surface area contributed by atoms with Crippen LogP contribution in [0.4, 0.5) is 0 Å². The number of hydrogen-bond acceptors (Lipinski definition) is 2. The summed E-state index contributed by atoms with van der Waals surface area (Å²) in [7, 11) is 0. The summed E-state index contributed by atoms with van der Waals surface area (Å²) in [5.41, 5.74) is 7.69. The molecule has 106 valence electrons. The van der Waals surface area contributed by atoms with E-state index in [0.717, 1.165) is 12.8 Å². The first-order chi connectivity index (χ1) is 8.33. The van der Waals surface area contributed by atoms with E-state index in [0.29, 0.717) is 6.54 Å². The lowest BCUT2D eigenvalue weighted by Crippen LogP contribution is -2.46. The van der Waals surface area contributed by atoms with Gasteiger partial charge in [-0.15, -0.1) is 12.4 Å². The van der Waals surface area contributed by atoms with Crippen LogP contribution in [0.3, 0.4) is 0 Å². The Morgan fingerprint density at radius 3 is 2.32 bits per heavy atom. The van der Waals surface area contributed by atoms with Crippen LogP contribution in [0.25, 0.3) is 0 Å². The highest BCUT2D eigenvalue weighted by Gasteiger charge is 2.46. The second kappa shape index (κ2) is 5.51. The van der Waals surface area contributed by atoms with E-state index in [1.807, 2.05) is 0 Å². The van der Waals surface area contributed by atoms with Crippen molar-refractivity contribution in [2.75, 3.05) is 6.54 Å². The molecule has 19 heavy (non-hydrogen) atoms. The lowest BCUT2D eigenvalue weighted by atomic mass is 9.84. The summed E-state index contributed by atoms with van der Waals surface area (Å²) in [6.07, 6.45) is 1.62. The molecule has 1 fully saturated rings. The van der Waals surface area contributed by atoms with E-state index in [1.54, 1.807) is 0 Å². The predicted octanol–water partition coefficient (Wildman–Crippen LogP) is 2.30. The molecule has 4 heteroatoms. The molecular weight excluding hydrogens is 260 g/mol. The molecule has 1 amide bonds. The molecule has 0 aliphatic heterocycles. The van der Waals surface area contributed by atoms with Crippen LogP contribution >= 0.6 is 12.4 Å². The topological polar surface area (TPSA) is 55.1 Å². The highest BCUT2D eigenvalue weighted by Crippen LogP contribution is 2.32. The number of carbonyl (C=O) groups is 1. The van der Waals surface area contributed by atoms with Gasteiger partial charge in [0.05, 0.1) is 5.54 Å². The Labute approximate surface area is 121 Å². The van der Waals surface area contributed by atoms with Gasteiger partial charge in [0, 0.05) is 12.0 Å². The van der Waals surface area contributed by atoms with Crippen LogP contribution in [-0.4, -0.2) is 18.0 Å². The molecule has 1 aliphatic carbocycles. The van der Waals surface area contributed by atoms with Crippen molar-refractivity contribution in [3.8, 4) is 0 Å². The van der Waals surface area contributed by atoms with Crippen LogP contribution < -0.4 is 11.1 Å².